The minimum absolute atomic E-state index is 0.0359. The average Bonchev–Trinajstić information content (AvgIpc) is 3.09. The van der Waals surface area contributed by atoms with Gasteiger partial charge in [0.05, 0.1) is 12.1 Å². The van der Waals surface area contributed by atoms with E-state index in [4.69, 9.17) is 0 Å². The summed E-state index contributed by atoms with van der Waals surface area (Å²) < 4.78 is 0. The summed E-state index contributed by atoms with van der Waals surface area (Å²) in [7, 11) is 0. The highest BCUT2D eigenvalue weighted by molar-refractivity contribution is 6.00. The minimum Gasteiger partial charge on any atom is -0.345 e. The summed E-state index contributed by atoms with van der Waals surface area (Å²) in [6.45, 7) is 4.78. The van der Waals surface area contributed by atoms with E-state index >= 15 is 0 Å². The fourth-order valence-corrected chi connectivity index (χ4v) is 4.41. The third kappa shape index (κ3) is 5.00. The van der Waals surface area contributed by atoms with Crippen LogP contribution in [0.15, 0.2) is 60.7 Å². The molecular weight excluding hydrogens is 398 g/mol. The average molecular weight is 430 g/mol. The Labute approximate surface area is 189 Å². The molecule has 1 fully saturated rings. The van der Waals surface area contributed by atoms with Crippen LogP contribution in [-0.4, -0.2) is 24.4 Å². The fourth-order valence-electron chi connectivity index (χ4n) is 4.41. The van der Waals surface area contributed by atoms with Crippen molar-refractivity contribution in [3.8, 4) is 0 Å². The molecule has 0 saturated carbocycles. The van der Waals surface area contributed by atoms with Gasteiger partial charge < -0.3 is 16.0 Å². The highest BCUT2D eigenvalue weighted by Gasteiger charge is 2.21. The molecule has 32 heavy (non-hydrogen) atoms. The van der Waals surface area contributed by atoms with Crippen LogP contribution in [-0.2, 0) is 4.79 Å². The monoisotopic (exact) mass is 429 g/mol. The Kier molecular flexibility index (Phi) is 6.86. The van der Waals surface area contributed by atoms with Crippen molar-refractivity contribution < 1.29 is 9.59 Å². The van der Waals surface area contributed by atoms with Gasteiger partial charge in [-0.15, -0.1) is 0 Å². The highest BCUT2D eigenvalue weighted by Crippen LogP contribution is 2.25. The third-order valence-corrected chi connectivity index (χ3v) is 6.26. The number of rotatable bonds is 5. The van der Waals surface area contributed by atoms with Crippen molar-refractivity contribution in [3.63, 3.8) is 0 Å². The van der Waals surface area contributed by atoms with Gasteiger partial charge in [-0.05, 0) is 67.3 Å². The Morgan fingerprint density at radius 3 is 2.69 bits per heavy atom. The molecule has 3 aromatic rings. The van der Waals surface area contributed by atoms with Crippen molar-refractivity contribution in [2.45, 2.75) is 51.6 Å². The van der Waals surface area contributed by atoms with Crippen LogP contribution in [0.3, 0.4) is 0 Å². The first-order valence-electron chi connectivity index (χ1n) is 11.5. The number of fused-ring (bicyclic) bond motifs is 1. The number of anilines is 1. The molecule has 0 aliphatic carbocycles. The van der Waals surface area contributed by atoms with Gasteiger partial charge in [-0.3, -0.25) is 9.59 Å². The van der Waals surface area contributed by atoms with Crippen molar-refractivity contribution in [2.24, 2.45) is 0 Å². The lowest BCUT2D eigenvalue weighted by atomic mass is 9.99. The molecule has 1 saturated heterocycles. The predicted octanol–water partition coefficient (Wildman–Crippen LogP) is 5.11. The molecule has 3 N–H and O–H groups in total. The summed E-state index contributed by atoms with van der Waals surface area (Å²) in [5.74, 6) is -0.183. The van der Waals surface area contributed by atoms with Crippen molar-refractivity contribution in [1.82, 2.24) is 10.6 Å². The maximum Gasteiger partial charge on any atom is 0.252 e. The summed E-state index contributed by atoms with van der Waals surface area (Å²) >= 11 is 0. The van der Waals surface area contributed by atoms with Crippen LogP contribution in [0.5, 0.6) is 0 Å². The first-order valence-corrected chi connectivity index (χ1v) is 11.5. The molecule has 0 spiro atoms. The molecule has 3 aromatic carbocycles. The van der Waals surface area contributed by atoms with Gasteiger partial charge >= 0.3 is 0 Å². The summed E-state index contributed by atoms with van der Waals surface area (Å²) in [4.78, 5) is 25.8. The van der Waals surface area contributed by atoms with E-state index < -0.39 is 0 Å². The lowest BCUT2D eigenvalue weighted by Crippen LogP contribution is -2.39. The van der Waals surface area contributed by atoms with Crippen LogP contribution in [0, 0.1) is 6.92 Å². The Morgan fingerprint density at radius 1 is 1.00 bits per heavy atom. The minimum atomic E-state index is -0.178. The number of hydrogen-bond acceptors (Lipinski definition) is 3. The van der Waals surface area contributed by atoms with Crippen LogP contribution in [0.1, 0.15) is 60.1 Å². The standard InChI is InChI=1S/C27H31N3O2/c1-18-14-15-21(30-27(32)25-13-4-3-7-16-28-25)17-24(18)26(31)29-19(2)22-12-8-10-20-9-5-6-11-23(20)22/h5-6,8-12,14-15,17,19,25,28H,3-4,7,13,16H2,1-2H3,(H,29,31)(H,30,32)/t19-,25?/m1/s1. The van der Waals surface area contributed by atoms with E-state index in [0.29, 0.717) is 11.3 Å². The predicted molar refractivity (Wildman–Crippen MR) is 130 cm³/mol. The Balaban J connectivity index is 1.49. The van der Waals surface area contributed by atoms with Gasteiger partial charge in [0.15, 0.2) is 0 Å². The Morgan fingerprint density at radius 2 is 1.81 bits per heavy atom. The van der Waals surface area contributed by atoms with Crippen LogP contribution >= 0.6 is 0 Å². The highest BCUT2D eigenvalue weighted by atomic mass is 16.2. The van der Waals surface area contributed by atoms with Crippen molar-refractivity contribution in [3.05, 3.63) is 77.4 Å². The van der Waals surface area contributed by atoms with Crippen LogP contribution in [0.2, 0.25) is 0 Å². The van der Waals surface area contributed by atoms with E-state index in [1.54, 1.807) is 6.07 Å². The van der Waals surface area contributed by atoms with Gasteiger partial charge in [0.1, 0.15) is 0 Å². The summed E-state index contributed by atoms with van der Waals surface area (Å²) in [6, 6.07) is 19.5. The zero-order valence-corrected chi connectivity index (χ0v) is 18.8. The Hall–Kier alpha value is -3.18. The second-order valence-corrected chi connectivity index (χ2v) is 8.64. The summed E-state index contributed by atoms with van der Waals surface area (Å²) in [5.41, 5.74) is 3.18. The summed E-state index contributed by atoms with van der Waals surface area (Å²) in [5, 5.41) is 11.7. The zero-order chi connectivity index (χ0) is 22.5. The Bertz CT molecular complexity index is 1110. The van der Waals surface area contributed by atoms with Crippen molar-refractivity contribution in [1.29, 1.82) is 0 Å². The lowest BCUT2D eigenvalue weighted by Gasteiger charge is -2.19. The quantitative estimate of drug-likeness (QED) is 0.528. The van der Waals surface area contributed by atoms with Crippen LogP contribution < -0.4 is 16.0 Å². The molecule has 5 nitrogen and oxygen atoms in total. The first-order chi connectivity index (χ1) is 15.5. The molecule has 1 unspecified atom stereocenters. The van der Waals surface area contributed by atoms with Gasteiger partial charge in [0.25, 0.3) is 5.91 Å². The van der Waals surface area contributed by atoms with E-state index in [-0.39, 0.29) is 23.9 Å². The zero-order valence-electron chi connectivity index (χ0n) is 18.8. The molecular formula is C27H31N3O2. The number of carbonyl (C=O) groups excluding carboxylic acids is 2. The molecule has 2 atom stereocenters. The molecule has 0 bridgehead atoms. The van der Waals surface area contributed by atoms with Crippen LogP contribution in [0.25, 0.3) is 10.8 Å². The molecule has 1 aliphatic rings. The number of hydrogen-bond donors (Lipinski definition) is 3. The molecule has 1 aliphatic heterocycles. The maximum absolute atomic E-state index is 13.1. The normalized spacial score (nSPS) is 17.4. The largest absolute Gasteiger partial charge is 0.345 e. The van der Waals surface area contributed by atoms with E-state index in [2.05, 4.69) is 40.2 Å². The SMILES string of the molecule is Cc1ccc(NC(=O)C2CCCCCN2)cc1C(=O)N[C@H](C)c1cccc2ccccc12. The molecule has 2 amide bonds. The van der Waals surface area contributed by atoms with Gasteiger partial charge in [-0.2, -0.15) is 0 Å². The van der Waals surface area contributed by atoms with Crippen molar-refractivity contribution >= 4 is 28.3 Å². The summed E-state index contributed by atoms with van der Waals surface area (Å²) in [6.07, 6.45) is 4.15. The van der Waals surface area contributed by atoms with Gasteiger partial charge in [-0.1, -0.05) is 61.4 Å². The number of amides is 2. The molecule has 166 valence electrons. The second-order valence-electron chi connectivity index (χ2n) is 8.64. The number of aryl methyl sites for hydroxylation is 1. The third-order valence-electron chi connectivity index (χ3n) is 6.26. The van der Waals surface area contributed by atoms with E-state index in [1.165, 1.54) is 0 Å². The maximum atomic E-state index is 13.1. The van der Waals surface area contributed by atoms with Gasteiger partial charge in [0.2, 0.25) is 5.91 Å². The molecule has 0 radical (unpaired) electrons. The fraction of sp³-hybridized carbons (Fsp3) is 0.333. The second kappa shape index (κ2) is 9.96. The topological polar surface area (TPSA) is 70.2 Å². The van der Waals surface area contributed by atoms with Crippen LogP contribution in [0.4, 0.5) is 5.69 Å². The van der Waals surface area contributed by atoms with E-state index in [0.717, 1.165) is 54.1 Å². The van der Waals surface area contributed by atoms with E-state index in [9.17, 15) is 9.59 Å². The molecule has 1 heterocycles. The number of carbonyl (C=O) groups is 2. The molecule has 0 aromatic heterocycles. The van der Waals surface area contributed by atoms with Gasteiger partial charge in [0, 0.05) is 11.3 Å². The smallest absolute Gasteiger partial charge is 0.252 e. The molecule has 4 rings (SSSR count). The molecule has 5 heteroatoms. The lowest BCUT2D eigenvalue weighted by molar-refractivity contribution is -0.118. The van der Waals surface area contributed by atoms with Gasteiger partial charge in [-0.25, -0.2) is 0 Å². The first kappa shape index (κ1) is 22.0. The van der Waals surface area contributed by atoms with Crippen molar-refractivity contribution in [2.75, 3.05) is 11.9 Å². The number of benzene rings is 3. The number of nitrogens with one attached hydrogen (secondary N) is 3. The van der Waals surface area contributed by atoms with E-state index in [1.807, 2.05) is 44.2 Å².